The van der Waals surface area contributed by atoms with Crippen LogP contribution in [-0.4, -0.2) is 54.3 Å². The molecule has 2 aromatic rings. The fourth-order valence-electron chi connectivity index (χ4n) is 3.51. The first-order valence-corrected chi connectivity index (χ1v) is 9.98. The molecule has 5 nitrogen and oxygen atoms in total. The van der Waals surface area contributed by atoms with E-state index in [1.54, 1.807) is 0 Å². The second kappa shape index (κ2) is 9.51. The summed E-state index contributed by atoms with van der Waals surface area (Å²) in [6.07, 6.45) is 1.39. The lowest BCUT2D eigenvalue weighted by Gasteiger charge is -2.34. The fourth-order valence-corrected chi connectivity index (χ4v) is 3.51. The Kier molecular flexibility index (Phi) is 6.82. The van der Waals surface area contributed by atoms with Gasteiger partial charge in [0.15, 0.2) is 0 Å². The number of aryl methyl sites for hydroxylation is 2. The predicted octanol–water partition coefficient (Wildman–Crippen LogP) is 2.88. The molecule has 0 radical (unpaired) electrons. The van der Waals surface area contributed by atoms with Crippen LogP contribution in [0.1, 0.15) is 23.6 Å². The summed E-state index contributed by atoms with van der Waals surface area (Å²) in [4.78, 5) is 28.9. The van der Waals surface area contributed by atoms with E-state index in [0.29, 0.717) is 26.1 Å². The lowest BCUT2D eigenvalue weighted by Crippen LogP contribution is -2.50. The third-order valence-electron chi connectivity index (χ3n) is 5.31. The number of nitrogens with one attached hydrogen (secondary N) is 1. The van der Waals surface area contributed by atoms with E-state index in [9.17, 15) is 9.59 Å². The minimum Gasteiger partial charge on any atom is -0.340 e. The molecule has 5 heteroatoms. The summed E-state index contributed by atoms with van der Waals surface area (Å²) in [7, 11) is 0. The van der Waals surface area contributed by atoms with Crippen molar-refractivity contribution in [3.05, 3.63) is 65.2 Å². The molecule has 0 spiro atoms. The number of rotatable bonds is 6. The Bertz CT molecular complexity index is 826. The van der Waals surface area contributed by atoms with Crippen molar-refractivity contribution < 1.29 is 9.59 Å². The number of carbonyl (C=O) groups is 2. The zero-order valence-electron chi connectivity index (χ0n) is 16.8. The standard InChI is InChI=1S/C23H29N3O2/c1-3-19-8-6-10-21(15-19)24-22(27)17-25-11-13-26(14-12-25)23(28)16-20-9-5-4-7-18(20)2/h4-10,15H,3,11-14,16-17H2,1-2H3,(H,24,27). The van der Waals surface area contributed by atoms with Gasteiger partial charge in [0.2, 0.25) is 11.8 Å². The first-order valence-electron chi connectivity index (χ1n) is 9.98. The lowest BCUT2D eigenvalue weighted by atomic mass is 10.1. The monoisotopic (exact) mass is 379 g/mol. The van der Waals surface area contributed by atoms with E-state index in [1.165, 1.54) is 5.56 Å². The first-order chi connectivity index (χ1) is 13.5. The largest absolute Gasteiger partial charge is 0.340 e. The third kappa shape index (κ3) is 5.42. The van der Waals surface area contributed by atoms with Crippen LogP contribution >= 0.6 is 0 Å². The second-order valence-corrected chi connectivity index (χ2v) is 7.36. The minimum atomic E-state index is -0.00654. The molecule has 3 rings (SSSR count). The van der Waals surface area contributed by atoms with E-state index < -0.39 is 0 Å². The topological polar surface area (TPSA) is 52.7 Å². The van der Waals surface area contributed by atoms with Crippen LogP contribution in [0.2, 0.25) is 0 Å². The van der Waals surface area contributed by atoms with Gasteiger partial charge in [-0.3, -0.25) is 14.5 Å². The van der Waals surface area contributed by atoms with Gasteiger partial charge in [-0.1, -0.05) is 43.3 Å². The highest BCUT2D eigenvalue weighted by molar-refractivity contribution is 5.92. The van der Waals surface area contributed by atoms with Gasteiger partial charge in [-0.2, -0.15) is 0 Å². The molecule has 1 saturated heterocycles. The molecule has 1 heterocycles. The van der Waals surface area contributed by atoms with Gasteiger partial charge in [0.05, 0.1) is 13.0 Å². The molecule has 0 atom stereocenters. The fraction of sp³-hybridized carbons (Fsp3) is 0.391. The van der Waals surface area contributed by atoms with Crippen molar-refractivity contribution in [3.63, 3.8) is 0 Å². The van der Waals surface area contributed by atoms with Crippen LogP contribution in [0.25, 0.3) is 0 Å². The number of nitrogens with zero attached hydrogens (tertiary/aromatic N) is 2. The molecular formula is C23H29N3O2. The Hall–Kier alpha value is -2.66. The van der Waals surface area contributed by atoms with E-state index in [0.717, 1.165) is 36.3 Å². The number of carbonyl (C=O) groups excluding carboxylic acids is 2. The Morgan fingerprint density at radius 1 is 1.00 bits per heavy atom. The molecule has 0 aromatic heterocycles. The Balaban J connectivity index is 1.45. The molecule has 1 fully saturated rings. The van der Waals surface area contributed by atoms with Crippen molar-refractivity contribution in [2.75, 3.05) is 38.0 Å². The number of amides is 2. The molecule has 1 aliphatic rings. The van der Waals surface area contributed by atoms with E-state index in [4.69, 9.17) is 0 Å². The number of hydrogen-bond acceptors (Lipinski definition) is 3. The van der Waals surface area contributed by atoms with Crippen LogP contribution in [0.4, 0.5) is 5.69 Å². The van der Waals surface area contributed by atoms with Gasteiger partial charge in [0, 0.05) is 31.9 Å². The maximum atomic E-state index is 12.6. The first kappa shape index (κ1) is 20.1. The zero-order chi connectivity index (χ0) is 19.9. The van der Waals surface area contributed by atoms with Crippen molar-refractivity contribution in [2.24, 2.45) is 0 Å². The lowest BCUT2D eigenvalue weighted by molar-refractivity contribution is -0.132. The SMILES string of the molecule is CCc1cccc(NC(=O)CN2CCN(C(=O)Cc3ccccc3C)CC2)c1. The molecule has 2 amide bonds. The van der Waals surface area contributed by atoms with Crippen molar-refractivity contribution >= 4 is 17.5 Å². The molecule has 2 aromatic carbocycles. The minimum absolute atomic E-state index is 0.00654. The van der Waals surface area contributed by atoms with E-state index in [1.807, 2.05) is 54.3 Å². The average molecular weight is 380 g/mol. The van der Waals surface area contributed by atoms with E-state index in [2.05, 4.69) is 23.2 Å². The zero-order valence-corrected chi connectivity index (χ0v) is 16.8. The van der Waals surface area contributed by atoms with Crippen LogP contribution in [0.5, 0.6) is 0 Å². The molecule has 0 unspecified atom stereocenters. The predicted molar refractivity (Wildman–Crippen MR) is 112 cm³/mol. The van der Waals surface area contributed by atoms with Gasteiger partial charge in [-0.05, 0) is 42.2 Å². The molecule has 1 N–H and O–H groups in total. The third-order valence-corrected chi connectivity index (χ3v) is 5.31. The Labute approximate surface area is 167 Å². The highest BCUT2D eigenvalue weighted by Gasteiger charge is 2.22. The highest BCUT2D eigenvalue weighted by atomic mass is 16.2. The van der Waals surface area contributed by atoms with Gasteiger partial charge in [-0.15, -0.1) is 0 Å². The maximum Gasteiger partial charge on any atom is 0.238 e. The number of anilines is 1. The van der Waals surface area contributed by atoms with Gasteiger partial charge in [-0.25, -0.2) is 0 Å². The normalized spacial score (nSPS) is 14.7. The van der Waals surface area contributed by atoms with Crippen molar-refractivity contribution in [2.45, 2.75) is 26.7 Å². The smallest absolute Gasteiger partial charge is 0.238 e. The van der Waals surface area contributed by atoms with Crippen LogP contribution in [-0.2, 0) is 22.4 Å². The molecule has 28 heavy (non-hydrogen) atoms. The van der Waals surface area contributed by atoms with Crippen molar-refractivity contribution in [3.8, 4) is 0 Å². The Morgan fingerprint density at radius 3 is 2.46 bits per heavy atom. The Morgan fingerprint density at radius 2 is 1.75 bits per heavy atom. The average Bonchev–Trinajstić information content (AvgIpc) is 2.70. The van der Waals surface area contributed by atoms with Crippen LogP contribution < -0.4 is 5.32 Å². The maximum absolute atomic E-state index is 12.6. The van der Waals surface area contributed by atoms with Gasteiger partial charge in [0.1, 0.15) is 0 Å². The van der Waals surface area contributed by atoms with Crippen LogP contribution in [0, 0.1) is 6.92 Å². The molecule has 1 aliphatic heterocycles. The highest BCUT2D eigenvalue weighted by Crippen LogP contribution is 2.13. The molecule has 0 bridgehead atoms. The van der Waals surface area contributed by atoms with Crippen molar-refractivity contribution in [1.82, 2.24) is 9.80 Å². The molecule has 0 aliphatic carbocycles. The van der Waals surface area contributed by atoms with Gasteiger partial charge < -0.3 is 10.2 Å². The summed E-state index contributed by atoms with van der Waals surface area (Å²) < 4.78 is 0. The summed E-state index contributed by atoms with van der Waals surface area (Å²) >= 11 is 0. The molecular weight excluding hydrogens is 350 g/mol. The van der Waals surface area contributed by atoms with E-state index >= 15 is 0 Å². The molecule has 148 valence electrons. The van der Waals surface area contributed by atoms with Crippen molar-refractivity contribution in [1.29, 1.82) is 0 Å². The van der Waals surface area contributed by atoms with Gasteiger partial charge in [0.25, 0.3) is 0 Å². The summed E-state index contributed by atoms with van der Waals surface area (Å²) in [5.41, 5.74) is 4.29. The second-order valence-electron chi connectivity index (χ2n) is 7.36. The quantitative estimate of drug-likeness (QED) is 0.840. The summed E-state index contributed by atoms with van der Waals surface area (Å²) in [5, 5.41) is 2.98. The van der Waals surface area contributed by atoms with Crippen LogP contribution in [0.3, 0.4) is 0 Å². The number of piperazine rings is 1. The summed E-state index contributed by atoms with van der Waals surface area (Å²) in [6.45, 7) is 7.28. The van der Waals surface area contributed by atoms with E-state index in [-0.39, 0.29) is 11.8 Å². The van der Waals surface area contributed by atoms with Gasteiger partial charge >= 0.3 is 0 Å². The number of benzene rings is 2. The number of hydrogen-bond donors (Lipinski definition) is 1. The van der Waals surface area contributed by atoms with Crippen LogP contribution in [0.15, 0.2) is 48.5 Å². The summed E-state index contributed by atoms with van der Waals surface area (Å²) in [5.74, 6) is 0.155. The summed E-state index contributed by atoms with van der Waals surface area (Å²) in [6, 6.07) is 16.0. The molecule has 0 saturated carbocycles.